The summed E-state index contributed by atoms with van der Waals surface area (Å²) in [5.74, 6) is -0.302. The molecule has 0 saturated heterocycles. The highest BCUT2D eigenvalue weighted by molar-refractivity contribution is 6.30. The number of carboxylic acids is 1. The van der Waals surface area contributed by atoms with Gasteiger partial charge >= 0.3 is 11.9 Å². The zero-order valence-electron chi connectivity index (χ0n) is 25.3. The van der Waals surface area contributed by atoms with Gasteiger partial charge < -0.3 is 33.5 Å². The molecule has 4 rings (SSSR count). The normalized spacial score (nSPS) is 16.7. The SMILES string of the molecule is COc1cccc([C@H]2O[C@H](Cc3noc(CCCC(=O)O)n3)C(=O)N(CC(C)(C)COC(C)=O)c3ccc(Cl)cc32)c1OC. The fourth-order valence-corrected chi connectivity index (χ4v) is 5.21. The number of amides is 1. The van der Waals surface area contributed by atoms with Crippen LogP contribution in [0.3, 0.4) is 0 Å². The van der Waals surface area contributed by atoms with Crippen LogP contribution in [0.2, 0.25) is 5.02 Å². The lowest BCUT2D eigenvalue weighted by Crippen LogP contribution is -2.46. The fraction of sp³-hybridized carbons (Fsp3) is 0.452. The minimum atomic E-state index is -1.09. The molecule has 1 aromatic heterocycles. The molecule has 2 aromatic carbocycles. The number of aromatic nitrogens is 2. The summed E-state index contributed by atoms with van der Waals surface area (Å²) in [5.41, 5.74) is 1.15. The summed E-state index contributed by atoms with van der Waals surface area (Å²) < 4.78 is 28.6. The first kappa shape index (κ1) is 32.7. The Morgan fingerprint density at radius 1 is 1.14 bits per heavy atom. The van der Waals surface area contributed by atoms with Gasteiger partial charge in [0.25, 0.3) is 5.91 Å². The van der Waals surface area contributed by atoms with E-state index in [-0.39, 0.29) is 50.0 Å². The van der Waals surface area contributed by atoms with Crippen molar-refractivity contribution in [3.05, 3.63) is 64.3 Å². The number of esters is 1. The van der Waals surface area contributed by atoms with Crippen molar-refractivity contribution < 1.29 is 43.0 Å². The Kier molecular flexibility index (Phi) is 10.5. The van der Waals surface area contributed by atoms with E-state index >= 15 is 0 Å². The van der Waals surface area contributed by atoms with E-state index in [1.165, 1.54) is 21.1 Å². The predicted molar refractivity (Wildman–Crippen MR) is 159 cm³/mol. The zero-order chi connectivity index (χ0) is 32.0. The maximum atomic E-state index is 14.4. The molecule has 13 heteroatoms. The number of para-hydroxylation sites is 1. The minimum Gasteiger partial charge on any atom is -0.493 e. The van der Waals surface area contributed by atoms with E-state index in [0.29, 0.717) is 39.8 Å². The molecule has 2 atom stereocenters. The maximum Gasteiger partial charge on any atom is 0.303 e. The van der Waals surface area contributed by atoms with Gasteiger partial charge in [0, 0.05) is 60.0 Å². The van der Waals surface area contributed by atoms with Gasteiger partial charge in [0.1, 0.15) is 12.2 Å². The highest BCUT2D eigenvalue weighted by atomic mass is 35.5. The van der Waals surface area contributed by atoms with Crippen molar-refractivity contribution in [3.63, 3.8) is 0 Å². The van der Waals surface area contributed by atoms with E-state index in [1.54, 1.807) is 35.2 Å². The molecule has 0 saturated carbocycles. The smallest absolute Gasteiger partial charge is 0.303 e. The van der Waals surface area contributed by atoms with Crippen LogP contribution < -0.4 is 14.4 Å². The first-order chi connectivity index (χ1) is 20.9. The van der Waals surface area contributed by atoms with E-state index in [0.717, 1.165) is 0 Å². The Morgan fingerprint density at radius 3 is 2.59 bits per heavy atom. The Labute approximate surface area is 260 Å². The molecular formula is C31H36ClN3O9. The van der Waals surface area contributed by atoms with Crippen molar-refractivity contribution in [3.8, 4) is 11.5 Å². The molecule has 1 N–H and O–H groups in total. The third-order valence-corrected chi connectivity index (χ3v) is 7.27. The number of ether oxygens (including phenoxy) is 4. The number of fused-ring (bicyclic) bond motifs is 1. The summed E-state index contributed by atoms with van der Waals surface area (Å²) in [6.07, 6.45) is -1.38. The van der Waals surface area contributed by atoms with Crippen molar-refractivity contribution in [2.75, 3.05) is 32.3 Å². The highest BCUT2D eigenvalue weighted by Gasteiger charge is 2.41. The van der Waals surface area contributed by atoms with Crippen LogP contribution in [-0.4, -0.2) is 66.6 Å². The summed E-state index contributed by atoms with van der Waals surface area (Å²) in [6.45, 7) is 5.39. The molecule has 1 amide bonds. The Morgan fingerprint density at radius 2 is 1.91 bits per heavy atom. The third kappa shape index (κ3) is 7.86. The van der Waals surface area contributed by atoms with E-state index < -0.39 is 29.6 Å². The number of hydrogen-bond donors (Lipinski definition) is 1. The molecule has 2 heterocycles. The largest absolute Gasteiger partial charge is 0.493 e. The lowest BCUT2D eigenvalue weighted by atomic mass is 9.92. The minimum absolute atomic E-state index is 0.0351. The second kappa shape index (κ2) is 14.1. The lowest BCUT2D eigenvalue weighted by Gasteiger charge is -2.33. The Balaban J connectivity index is 1.79. The fourth-order valence-electron chi connectivity index (χ4n) is 5.03. The van der Waals surface area contributed by atoms with Crippen molar-refractivity contribution in [2.24, 2.45) is 5.41 Å². The Hall–Kier alpha value is -4.16. The molecule has 1 aliphatic rings. The summed E-state index contributed by atoms with van der Waals surface area (Å²) in [7, 11) is 3.05. The first-order valence-corrected chi connectivity index (χ1v) is 14.4. The zero-order valence-corrected chi connectivity index (χ0v) is 26.1. The van der Waals surface area contributed by atoms with Gasteiger partial charge in [-0.3, -0.25) is 14.4 Å². The van der Waals surface area contributed by atoms with Crippen LogP contribution in [0.5, 0.6) is 11.5 Å². The molecule has 236 valence electrons. The number of methoxy groups -OCH3 is 2. The van der Waals surface area contributed by atoms with E-state index in [2.05, 4.69) is 10.1 Å². The molecule has 44 heavy (non-hydrogen) atoms. The van der Waals surface area contributed by atoms with Gasteiger partial charge in [0.15, 0.2) is 17.3 Å². The molecule has 0 unspecified atom stereocenters. The second-order valence-corrected chi connectivity index (χ2v) is 11.7. The van der Waals surface area contributed by atoms with Crippen LogP contribution in [0.4, 0.5) is 5.69 Å². The maximum absolute atomic E-state index is 14.4. The van der Waals surface area contributed by atoms with Crippen LogP contribution in [0.25, 0.3) is 0 Å². The molecule has 0 spiro atoms. The number of aryl methyl sites for hydroxylation is 1. The molecule has 0 fully saturated rings. The molecule has 12 nitrogen and oxygen atoms in total. The van der Waals surface area contributed by atoms with Gasteiger partial charge in [-0.15, -0.1) is 0 Å². The standard InChI is InChI=1S/C31H36ClN3O9/c1-18(36)42-17-31(2,3)16-35-22-13-12-19(32)14-21(22)28(20-8-6-9-23(40-4)29(20)41-5)43-24(30(35)39)15-25-33-26(44-34-25)10-7-11-27(37)38/h6,8-9,12-14,24,28H,7,10-11,15-17H2,1-5H3,(H,37,38)/t24-,28-/m1/s1. The summed E-state index contributed by atoms with van der Waals surface area (Å²) in [4.78, 5) is 42.9. The van der Waals surface area contributed by atoms with Crippen LogP contribution in [0.1, 0.15) is 62.6 Å². The lowest BCUT2D eigenvalue weighted by molar-refractivity contribution is -0.144. The number of hydrogen-bond acceptors (Lipinski definition) is 10. The summed E-state index contributed by atoms with van der Waals surface area (Å²) >= 11 is 6.51. The number of aliphatic carboxylic acids is 1. The average Bonchev–Trinajstić information content (AvgIpc) is 3.39. The van der Waals surface area contributed by atoms with Crippen molar-refractivity contribution >= 4 is 35.1 Å². The van der Waals surface area contributed by atoms with Crippen LogP contribution in [-0.2, 0) is 36.7 Å². The Bertz CT molecular complexity index is 1510. The van der Waals surface area contributed by atoms with Crippen LogP contribution >= 0.6 is 11.6 Å². The molecule has 0 bridgehead atoms. The molecule has 0 aliphatic carbocycles. The van der Waals surface area contributed by atoms with Crippen molar-refractivity contribution in [2.45, 2.75) is 58.7 Å². The number of rotatable bonds is 13. The number of carbonyl (C=O) groups is 3. The number of anilines is 1. The molecular weight excluding hydrogens is 594 g/mol. The highest BCUT2D eigenvalue weighted by Crippen LogP contribution is 2.45. The van der Waals surface area contributed by atoms with Crippen LogP contribution in [0.15, 0.2) is 40.9 Å². The van der Waals surface area contributed by atoms with E-state index in [1.807, 2.05) is 19.9 Å². The quantitative estimate of drug-likeness (QED) is 0.260. The number of benzene rings is 2. The second-order valence-electron chi connectivity index (χ2n) is 11.2. The number of halogens is 1. The molecule has 1 aliphatic heterocycles. The number of carboxylic acid groups (broad SMARTS) is 1. The summed E-state index contributed by atoms with van der Waals surface area (Å²) in [6, 6.07) is 10.6. The topological polar surface area (TPSA) is 151 Å². The third-order valence-electron chi connectivity index (χ3n) is 7.03. The van der Waals surface area contributed by atoms with Gasteiger partial charge in [-0.1, -0.05) is 42.7 Å². The van der Waals surface area contributed by atoms with E-state index in [4.69, 9.17) is 40.2 Å². The van der Waals surface area contributed by atoms with Gasteiger partial charge in [-0.25, -0.2) is 0 Å². The first-order valence-electron chi connectivity index (χ1n) is 14.1. The van der Waals surface area contributed by atoms with Gasteiger partial charge in [0.2, 0.25) is 5.89 Å². The average molecular weight is 630 g/mol. The molecule has 0 radical (unpaired) electrons. The monoisotopic (exact) mass is 629 g/mol. The number of carbonyl (C=O) groups excluding carboxylic acids is 2. The number of nitrogens with zero attached hydrogens (tertiary/aromatic N) is 3. The van der Waals surface area contributed by atoms with Gasteiger partial charge in [-0.05, 0) is 30.7 Å². The van der Waals surface area contributed by atoms with Crippen molar-refractivity contribution in [1.82, 2.24) is 10.1 Å². The van der Waals surface area contributed by atoms with Crippen LogP contribution in [0, 0.1) is 5.41 Å². The summed E-state index contributed by atoms with van der Waals surface area (Å²) in [5, 5.41) is 13.4. The van der Waals surface area contributed by atoms with Gasteiger partial charge in [-0.2, -0.15) is 4.98 Å². The van der Waals surface area contributed by atoms with E-state index in [9.17, 15) is 14.4 Å². The van der Waals surface area contributed by atoms with Crippen molar-refractivity contribution in [1.29, 1.82) is 0 Å². The van der Waals surface area contributed by atoms with Gasteiger partial charge in [0.05, 0.1) is 20.8 Å². The predicted octanol–water partition coefficient (Wildman–Crippen LogP) is 4.80. The molecule has 3 aromatic rings.